The van der Waals surface area contributed by atoms with Crippen LogP contribution in [-0.4, -0.2) is 37.1 Å². The molecule has 0 aliphatic rings. The second-order valence-corrected chi connectivity index (χ2v) is 7.24. The number of hydrogen-bond acceptors (Lipinski definition) is 3. The Balaban J connectivity index is 1.99. The van der Waals surface area contributed by atoms with Gasteiger partial charge in [0.1, 0.15) is 17.2 Å². The molecule has 3 aromatic rings. The number of para-hydroxylation sites is 1. The fourth-order valence-electron chi connectivity index (χ4n) is 2.96. The van der Waals surface area contributed by atoms with Gasteiger partial charge >= 0.3 is 0 Å². The number of nitrogens with one attached hydrogen (secondary N) is 1. The Morgan fingerprint density at radius 3 is 2.44 bits per heavy atom. The summed E-state index contributed by atoms with van der Waals surface area (Å²) >= 11 is 1.24. The Labute approximate surface area is 161 Å². The van der Waals surface area contributed by atoms with Crippen LogP contribution in [-0.2, 0) is 0 Å². The quantitative estimate of drug-likeness (QED) is 0.673. The monoisotopic (exact) mass is 390 g/mol. The van der Waals surface area contributed by atoms with Gasteiger partial charge in [-0.3, -0.25) is 9.69 Å². The molecule has 7 heteroatoms. The van der Waals surface area contributed by atoms with Gasteiger partial charge in [0.25, 0.3) is 5.91 Å². The smallest absolute Gasteiger partial charge is 0.263 e. The van der Waals surface area contributed by atoms with Crippen molar-refractivity contribution in [3.63, 3.8) is 0 Å². The zero-order valence-corrected chi connectivity index (χ0v) is 16.2. The van der Waals surface area contributed by atoms with Gasteiger partial charge in [-0.1, -0.05) is 29.5 Å². The number of anilines is 1. The molecule has 142 valence electrons. The van der Waals surface area contributed by atoms with Gasteiger partial charge in [-0.25, -0.2) is 13.8 Å². The van der Waals surface area contributed by atoms with Gasteiger partial charge < -0.3 is 4.90 Å². The second-order valence-electron chi connectivity index (χ2n) is 6.23. The summed E-state index contributed by atoms with van der Waals surface area (Å²) in [5.41, 5.74) is 0.228. The number of hydrogen-bond donors (Lipinski definition) is 1. The lowest BCUT2D eigenvalue weighted by Crippen LogP contribution is -3.12. The van der Waals surface area contributed by atoms with Crippen LogP contribution in [0.2, 0.25) is 0 Å². The molecule has 1 N–H and O–H groups in total. The first-order valence-electron chi connectivity index (χ1n) is 9.00. The first-order chi connectivity index (χ1) is 13.0. The van der Waals surface area contributed by atoms with Gasteiger partial charge in [-0.2, -0.15) is 0 Å². The molecule has 1 heterocycles. The van der Waals surface area contributed by atoms with Gasteiger partial charge in [0.15, 0.2) is 5.13 Å². The highest BCUT2D eigenvalue weighted by Gasteiger charge is 2.25. The molecule has 0 bridgehead atoms. The van der Waals surface area contributed by atoms with E-state index in [0.717, 1.165) is 13.1 Å². The van der Waals surface area contributed by atoms with Gasteiger partial charge in [-0.05, 0) is 38.1 Å². The van der Waals surface area contributed by atoms with E-state index in [-0.39, 0.29) is 11.1 Å². The van der Waals surface area contributed by atoms with Crippen LogP contribution < -0.4 is 9.80 Å². The minimum absolute atomic E-state index is 0.00762. The van der Waals surface area contributed by atoms with Crippen LogP contribution in [0.5, 0.6) is 0 Å². The van der Waals surface area contributed by atoms with Crippen LogP contribution in [0, 0.1) is 11.6 Å². The average molecular weight is 390 g/mol. The molecule has 0 aliphatic heterocycles. The van der Waals surface area contributed by atoms with Crippen LogP contribution in [0.25, 0.3) is 10.2 Å². The highest BCUT2D eigenvalue weighted by molar-refractivity contribution is 7.22. The Morgan fingerprint density at radius 2 is 1.78 bits per heavy atom. The topological polar surface area (TPSA) is 37.6 Å². The molecule has 0 atom stereocenters. The number of nitrogens with zero attached hydrogens (tertiary/aromatic N) is 2. The van der Waals surface area contributed by atoms with Crippen molar-refractivity contribution in [1.29, 1.82) is 0 Å². The van der Waals surface area contributed by atoms with E-state index in [4.69, 9.17) is 0 Å². The minimum Gasteiger partial charge on any atom is -0.334 e. The molecule has 0 unspecified atom stereocenters. The lowest BCUT2D eigenvalue weighted by Gasteiger charge is -2.23. The Bertz CT molecular complexity index is 940. The lowest BCUT2D eigenvalue weighted by molar-refractivity contribution is -0.894. The summed E-state index contributed by atoms with van der Waals surface area (Å²) in [7, 11) is 0. The second kappa shape index (κ2) is 8.54. The SMILES string of the molecule is CC[NH+](CC)CCN(C(=O)c1ccccc1F)c1nc2c(F)cccc2s1. The van der Waals surface area contributed by atoms with Crippen LogP contribution in [0.1, 0.15) is 24.2 Å². The number of benzene rings is 2. The molecule has 0 saturated heterocycles. The molecule has 0 spiro atoms. The maximum atomic E-state index is 14.2. The molecule has 3 rings (SSSR count). The van der Waals surface area contributed by atoms with Crippen molar-refractivity contribution in [2.75, 3.05) is 31.1 Å². The summed E-state index contributed by atoms with van der Waals surface area (Å²) in [4.78, 5) is 20.2. The van der Waals surface area contributed by atoms with Crippen molar-refractivity contribution in [2.45, 2.75) is 13.8 Å². The van der Waals surface area contributed by atoms with Crippen LogP contribution in [0.4, 0.5) is 13.9 Å². The number of rotatable bonds is 7. The summed E-state index contributed by atoms with van der Waals surface area (Å²) in [6.07, 6.45) is 0. The van der Waals surface area contributed by atoms with Crippen molar-refractivity contribution in [3.8, 4) is 0 Å². The van der Waals surface area contributed by atoms with Crippen molar-refractivity contribution < 1.29 is 18.5 Å². The number of fused-ring (bicyclic) bond motifs is 1. The van der Waals surface area contributed by atoms with E-state index >= 15 is 0 Å². The number of likely N-dealkylation sites (N-methyl/N-ethyl adjacent to an activating group) is 1. The van der Waals surface area contributed by atoms with E-state index in [9.17, 15) is 13.6 Å². The highest BCUT2D eigenvalue weighted by Crippen LogP contribution is 2.31. The summed E-state index contributed by atoms with van der Waals surface area (Å²) in [6, 6.07) is 10.6. The standard InChI is InChI=1S/C20H21F2N3OS/c1-3-24(4-2)12-13-25(19(26)14-8-5-6-9-15(14)21)20-23-18-16(22)10-7-11-17(18)27-20/h5-11H,3-4,12-13H2,1-2H3/p+1. The largest absolute Gasteiger partial charge is 0.334 e. The van der Waals surface area contributed by atoms with E-state index in [1.807, 2.05) is 0 Å². The molecule has 0 fully saturated rings. The summed E-state index contributed by atoms with van der Waals surface area (Å²) < 4.78 is 28.9. The highest BCUT2D eigenvalue weighted by atomic mass is 32.1. The van der Waals surface area contributed by atoms with E-state index in [2.05, 4.69) is 18.8 Å². The van der Waals surface area contributed by atoms with E-state index < -0.39 is 17.5 Å². The molecule has 1 amide bonds. The average Bonchev–Trinajstić information content (AvgIpc) is 3.10. The van der Waals surface area contributed by atoms with Crippen LogP contribution in [0.15, 0.2) is 42.5 Å². The fraction of sp³-hybridized carbons (Fsp3) is 0.300. The molecule has 2 aromatic carbocycles. The normalized spacial score (nSPS) is 11.3. The summed E-state index contributed by atoms with van der Waals surface area (Å²) in [5, 5.41) is 0.384. The van der Waals surface area contributed by atoms with Crippen molar-refractivity contribution in [3.05, 3.63) is 59.7 Å². The number of aromatic nitrogens is 1. The van der Waals surface area contributed by atoms with Gasteiger partial charge in [-0.15, -0.1) is 0 Å². The summed E-state index contributed by atoms with van der Waals surface area (Å²) in [5.74, 6) is -1.46. The zero-order chi connectivity index (χ0) is 19.4. The molecule has 0 radical (unpaired) electrons. The summed E-state index contributed by atoms with van der Waals surface area (Å²) in [6.45, 7) is 7.08. The van der Waals surface area contributed by atoms with E-state index in [1.54, 1.807) is 24.3 Å². The number of thiazole rings is 1. The molecule has 4 nitrogen and oxygen atoms in total. The van der Waals surface area contributed by atoms with Gasteiger partial charge in [0.05, 0.1) is 36.4 Å². The van der Waals surface area contributed by atoms with Gasteiger partial charge in [0, 0.05) is 0 Å². The number of carbonyl (C=O) groups is 1. The number of carbonyl (C=O) groups excluding carboxylic acids is 1. The van der Waals surface area contributed by atoms with Crippen LogP contribution >= 0.6 is 11.3 Å². The number of amides is 1. The molecule has 1 aromatic heterocycles. The predicted molar refractivity (Wildman–Crippen MR) is 105 cm³/mol. The number of halogens is 2. The molecule has 27 heavy (non-hydrogen) atoms. The van der Waals surface area contributed by atoms with Crippen molar-refractivity contribution >= 4 is 32.6 Å². The number of quaternary nitrogens is 1. The lowest BCUT2D eigenvalue weighted by atomic mass is 10.2. The third-order valence-electron chi connectivity index (χ3n) is 4.63. The Morgan fingerprint density at radius 1 is 1.07 bits per heavy atom. The van der Waals surface area contributed by atoms with E-state index in [0.29, 0.717) is 22.9 Å². The Hall–Kier alpha value is -2.38. The predicted octanol–water partition coefficient (Wildman–Crippen LogP) is 3.15. The first-order valence-corrected chi connectivity index (χ1v) is 9.81. The molecule has 0 aliphatic carbocycles. The molecular formula is C20H22F2N3OS+. The fourth-order valence-corrected chi connectivity index (χ4v) is 3.96. The van der Waals surface area contributed by atoms with Gasteiger partial charge in [0.2, 0.25) is 0 Å². The Kier molecular flexibility index (Phi) is 6.13. The minimum atomic E-state index is -0.574. The maximum Gasteiger partial charge on any atom is 0.263 e. The van der Waals surface area contributed by atoms with Crippen LogP contribution in [0.3, 0.4) is 0 Å². The maximum absolute atomic E-state index is 14.2. The zero-order valence-electron chi connectivity index (χ0n) is 15.3. The first kappa shape index (κ1) is 19.4. The van der Waals surface area contributed by atoms with Crippen molar-refractivity contribution in [2.24, 2.45) is 0 Å². The molecule has 0 saturated carbocycles. The van der Waals surface area contributed by atoms with Crippen molar-refractivity contribution in [1.82, 2.24) is 4.98 Å². The third kappa shape index (κ3) is 4.14. The molecular weight excluding hydrogens is 368 g/mol. The third-order valence-corrected chi connectivity index (χ3v) is 5.67. The van der Waals surface area contributed by atoms with E-state index in [1.165, 1.54) is 39.3 Å².